The van der Waals surface area contributed by atoms with Gasteiger partial charge >= 0.3 is 0 Å². The number of carbonyl (C=O) groups excluding carboxylic acids is 1. The first kappa shape index (κ1) is 23.9. The molecular weight excluding hydrogens is 520 g/mol. The van der Waals surface area contributed by atoms with Gasteiger partial charge in [0.15, 0.2) is 0 Å². The number of methoxy groups -OCH3 is 2. The van der Waals surface area contributed by atoms with E-state index in [4.69, 9.17) is 21.1 Å². The molecule has 0 bridgehead atoms. The first-order valence-corrected chi connectivity index (χ1v) is 11.9. The number of benzene rings is 3. The lowest BCUT2D eigenvalue weighted by atomic mass is 10.2. The minimum atomic E-state index is -4.09. The molecule has 0 aliphatic carbocycles. The molecule has 0 unspecified atom stereocenters. The molecule has 0 atom stereocenters. The normalized spacial score (nSPS) is 11.0. The molecule has 7 nitrogen and oxygen atoms in total. The number of rotatable bonds is 8. The van der Waals surface area contributed by atoms with Crippen molar-refractivity contribution < 1.29 is 22.7 Å². The van der Waals surface area contributed by atoms with Crippen LogP contribution in [0.4, 0.5) is 11.4 Å². The van der Waals surface area contributed by atoms with E-state index in [1.165, 1.54) is 32.4 Å². The molecule has 0 saturated carbocycles. The molecule has 0 aliphatic rings. The first-order valence-electron chi connectivity index (χ1n) is 9.31. The van der Waals surface area contributed by atoms with E-state index in [2.05, 4.69) is 21.2 Å². The molecule has 0 spiro atoms. The predicted molar refractivity (Wildman–Crippen MR) is 128 cm³/mol. The van der Waals surface area contributed by atoms with Gasteiger partial charge in [-0.05, 0) is 58.4 Å². The Labute approximate surface area is 200 Å². The number of halogens is 2. The van der Waals surface area contributed by atoms with Gasteiger partial charge in [0.05, 0.1) is 29.8 Å². The zero-order valence-electron chi connectivity index (χ0n) is 17.2. The third-order valence-corrected chi connectivity index (χ3v) is 7.48. The summed E-state index contributed by atoms with van der Waals surface area (Å²) in [5.41, 5.74) is 0.628. The van der Waals surface area contributed by atoms with E-state index in [0.29, 0.717) is 20.9 Å². The van der Waals surface area contributed by atoms with Crippen LogP contribution in [0.1, 0.15) is 0 Å². The summed E-state index contributed by atoms with van der Waals surface area (Å²) in [7, 11) is -1.19. The third kappa shape index (κ3) is 5.35. The Morgan fingerprint density at radius 1 is 1.03 bits per heavy atom. The molecule has 32 heavy (non-hydrogen) atoms. The Bertz CT molecular complexity index is 1220. The zero-order valence-corrected chi connectivity index (χ0v) is 20.4. The lowest BCUT2D eigenvalue weighted by molar-refractivity contribution is -0.114. The fraction of sp³-hybridized carbons (Fsp3) is 0.136. The summed E-state index contributed by atoms with van der Waals surface area (Å²) < 4.78 is 39.2. The lowest BCUT2D eigenvalue weighted by Gasteiger charge is -2.26. The number of amides is 1. The van der Waals surface area contributed by atoms with Crippen LogP contribution in [0, 0.1) is 0 Å². The van der Waals surface area contributed by atoms with Gasteiger partial charge in [0, 0.05) is 16.2 Å². The van der Waals surface area contributed by atoms with Gasteiger partial charge in [-0.1, -0.05) is 29.8 Å². The van der Waals surface area contributed by atoms with Crippen LogP contribution in [0.15, 0.2) is 76.1 Å². The SMILES string of the molecule is COc1ccc(N(CC(=O)Nc2ccc(Br)c(Cl)c2)S(=O)(=O)c2ccccc2)c(OC)c1. The number of carbonyl (C=O) groups is 1. The van der Waals surface area contributed by atoms with Crippen molar-refractivity contribution in [1.29, 1.82) is 0 Å². The standard InChI is InChI=1S/C22H20BrClN2O5S/c1-30-16-9-11-20(21(13-16)31-2)26(32(28,29)17-6-4-3-5-7-17)14-22(27)25-15-8-10-18(23)19(24)12-15/h3-13H,14H2,1-2H3,(H,25,27). The molecule has 3 rings (SSSR count). The summed E-state index contributed by atoms with van der Waals surface area (Å²) in [6.07, 6.45) is 0. The fourth-order valence-electron chi connectivity index (χ4n) is 2.92. The van der Waals surface area contributed by atoms with Crippen LogP contribution in [0.5, 0.6) is 11.5 Å². The van der Waals surface area contributed by atoms with E-state index >= 15 is 0 Å². The number of sulfonamides is 1. The number of ether oxygens (including phenoxy) is 2. The summed E-state index contributed by atoms with van der Waals surface area (Å²) >= 11 is 9.38. The quantitative estimate of drug-likeness (QED) is 0.438. The molecule has 0 heterocycles. The number of anilines is 2. The third-order valence-electron chi connectivity index (χ3n) is 4.48. The smallest absolute Gasteiger partial charge is 0.264 e. The first-order chi connectivity index (χ1) is 15.3. The second-order valence-corrected chi connectivity index (χ2v) is 9.66. The average molecular weight is 540 g/mol. The molecule has 10 heteroatoms. The largest absolute Gasteiger partial charge is 0.497 e. The summed E-state index contributed by atoms with van der Waals surface area (Å²) in [4.78, 5) is 12.9. The molecule has 1 N–H and O–H groups in total. The zero-order chi connectivity index (χ0) is 23.3. The van der Waals surface area contributed by atoms with Gasteiger partial charge in [-0.15, -0.1) is 0 Å². The summed E-state index contributed by atoms with van der Waals surface area (Å²) in [6.45, 7) is -0.492. The number of hydrogen-bond acceptors (Lipinski definition) is 5. The minimum absolute atomic E-state index is 0.0392. The van der Waals surface area contributed by atoms with Crippen molar-refractivity contribution in [3.63, 3.8) is 0 Å². The number of hydrogen-bond donors (Lipinski definition) is 1. The maximum absolute atomic E-state index is 13.5. The molecule has 168 valence electrons. The van der Waals surface area contributed by atoms with Gasteiger partial charge in [-0.25, -0.2) is 8.42 Å². The molecule has 1 amide bonds. The second kappa shape index (κ2) is 10.2. The molecule has 3 aromatic rings. The van der Waals surface area contributed by atoms with E-state index < -0.39 is 22.5 Å². The molecule has 0 fully saturated rings. The van der Waals surface area contributed by atoms with Crippen LogP contribution in [0.25, 0.3) is 0 Å². The fourth-order valence-corrected chi connectivity index (χ4v) is 4.79. The van der Waals surface area contributed by atoms with Crippen molar-refractivity contribution in [2.24, 2.45) is 0 Å². The van der Waals surface area contributed by atoms with Crippen LogP contribution < -0.4 is 19.1 Å². The molecule has 0 aliphatic heterocycles. The Morgan fingerprint density at radius 3 is 2.38 bits per heavy atom. The van der Waals surface area contributed by atoms with Gasteiger partial charge < -0.3 is 14.8 Å². The maximum Gasteiger partial charge on any atom is 0.264 e. The maximum atomic E-state index is 13.5. The monoisotopic (exact) mass is 538 g/mol. The topological polar surface area (TPSA) is 84.9 Å². The van der Waals surface area contributed by atoms with Gasteiger partial charge in [0.25, 0.3) is 10.0 Å². The van der Waals surface area contributed by atoms with Crippen LogP contribution in [0.2, 0.25) is 5.02 Å². The van der Waals surface area contributed by atoms with Crippen molar-refractivity contribution in [2.75, 3.05) is 30.4 Å². The summed E-state index contributed by atoms with van der Waals surface area (Å²) in [5, 5.41) is 3.09. The highest BCUT2D eigenvalue weighted by Crippen LogP contribution is 2.35. The van der Waals surface area contributed by atoms with E-state index in [0.717, 1.165) is 4.31 Å². The molecule has 0 radical (unpaired) electrons. The predicted octanol–water partition coefficient (Wildman–Crippen LogP) is 4.95. The van der Waals surface area contributed by atoms with E-state index in [9.17, 15) is 13.2 Å². The van der Waals surface area contributed by atoms with Crippen LogP contribution in [-0.2, 0) is 14.8 Å². The highest BCUT2D eigenvalue weighted by Gasteiger charge is 2.29. The van der Waals surface area contributed by atoms with Crippen molar-refractivity contribution >= 4 is 54.8 Å². The number of nitrogens with one attached hydrogen (secondary N) is 1. The van der Waals surface area contributed by atoms with Gasteiger partial charge in [-0.2, -0.15) is 0 Å². The average Bonchev–Trinajstić information content (AvgIpc) is 2.80. The minimum Gasteiger partial charge on any atom is -0.497 e. The molecule has 3 aromatic carbocycles. The van der Waals surface area contributed by atoms with E-state index in [1.54, 1.807) is 48.5 Å². The second-order valence-electron chi connectivity index (χ2n) is 6.54. The van der Waals surface area contributed by atoms with Gasteiger partial charge in [0.1, 0.15) is 18.0 Å². The van der Waals surface area contributed by atoms with Crippen LogP contribution in [0.3, 0.4) is 0 Å². The van der Waals surface area contributed by atoms with Crippen molar-refractivity contribution in [3.05, 3.63) is 76.2 Å². The summed E-state index contributed by atoms with van der Waals surface area (Å²) in [5.74, 6) is 0.167. The summed E-state index contributed by atoms with van der Waals surface area (Å²) in [6, 6.07) is 17.4. The Hall–Kier alpha value is -2.75. The Balaban J connectivity index is 2.01. The number of nitrogens with zero attached hydrogens (tertiary/aromatic N) is 1. The molecule has 0 aromatic heterocycles. The van der Waals surface area contributed by atoms with Crippen LogP contribution in [-0.4, -0.2) is 35.1 Å². The highest BCUT2D eigenvalue weighted by atomic mass is 79.9. The van der Waals surface area contributed by atoms with E-state index in [-0.39, 0.29) is 16.3 Å². The Kier molecular flexibility index (Phi) is 7.65. The highest BCUT2D eigenvalue weighted by molar-refractivity contribution is 9.10. The van der Waals surface area contributed by atoms with Crippen molar-refractivity contribution in [3.8, 4) is 11.5 Å². The molecule has 0 saturated heterocycles. The van der Waals surface area contributed by atoms with Crippen LogP contribution >= 0.6 is 27.5 Å². The van der Waals surface area contributed by atoms with Crippen molar-refractivity contribution in [1.82, 2.24) is 0 Å². The molecular formula is C22H20BrClN2O5S. The van der Waals surface area contributed by atoms with Gasteiger partial charge in [0.2, 0.25) is 5.91 Å². The van der Waals surface area contributed by atoms with Crippen molar-refractivity contribution in [2.45, 2.75) is 4.90 Å². The Morgan fingerprint density at radius 2 is 1.75 bits per heavy atom. The van der Waals surface area contributed by atoms with E-state index in [1.807, 2.05) is 0 Å². The van der Waals surface area contributed by atoms with Gasteiger partial charge in [-0.3, -0.25) is 9.10 Å². The lowest BCUT2D eigenvalue weighted by Crippen LogP contribution is -2.38.